The molecule has 6 nitrogen and oxygen atoms in total. The first-order valence-electron chi connectivity index (χ1n) is 6.89. The van der Waals surface area contributed by atoms with E-state index in [2.05, 4.69) is 29.4 Å². The molecule has 2 atom stereocenters. The van der Waals surface area contributed by atoms with E-state index in [1.54, 1.807) is 6.33 Å². The van der Waals surface area contributed by atoms with Crippen LogP contribution in [-0.4, -0.2) is 33.3 Å². The summed E-state index contributed by atoms with van der Waals surface area (Å²) in [6.07, 6.45) is 3.28. The van der Waals surface area contributed by atoms with E-state index in [4.69, 9.17) is 5.73 Å². The predicted octanol–water partition coefficient (Wildman–Crippen LogP) is 0.891. The Kier molecular flexibility index (Phi) is 5.95. The smallest absolute Gasteiger partial charge is 0.237 e. The quantitative estimate of drug-likeness (QED) is 0.768. The van der Waals surface area contributed by atoms with Crippen molar-refractivity contribution >= 4 is 5.91 Å². The van der Waals surface area contributed by atoms with Gasteiger partial charge in [0.15, 0.2) is 0 Å². The maximum absolute atomic E-state index is 11.8. The molecule has 0 aliphatic heterocycles. The molecular formula is C13H25N5O. The van der Waals surface area contributed by atoms with Gasteiger partial charge in [0.2, 0.25) is 5.91 Å². The minimum atomic E-state index is -0.437. The number of carbonyl (C=O) groups excluding carboxylic acids is 1. The first-order valence-corrected chi connectivity index (χ1v) is 6.89. The Balaban J connectivity index is 2.42. The van der Waals surface area contributed by atoms with E-state index >= 15 is 0 Å². The number of nitrogens with two attached hydrogens (primary N) is 1. The molecule has 1 amide bonds. The highest BCUT2D eigenvalue weighted by molar-refractivity contribution is 5.81. The number of nitrogens with zero attached hydrogens (tertiary/aromatic N) is 3. The lowest BCUT2D eigenvalue weighted by molar-refractivity contribution is -0.123. The lowest BCUT2D eigenvalue weighted by Crippen LogP contribution is -2.45. The Hall–Kier alpha value is -1.43. The Morgan fingerprint density at radius 1 is 1.47 bits per heavy atom. The zero-order chi connectivity index (χ0) is 14.4. The van der Waals surface area contributed by atoms with Crippen molar-refractivity contribution < 1.29 is 4.79 Å². The second kappa shape index (κ2) is 7.23. The van der Waals surface area contributed by atoms with Gasteiger partial charge in [-0.1, -0.05) is 20.3 Å². The summed E-state index contributed by atoms with van der Waals surface area (Å²) in [6.45, 7) is 8.70. The first kappa shape index (κ1) is 15.6. The molecule has 1 aromatic heterocycles. The van der Waals surface area contributed by atoms with Gasteiger partial charge in [-0.15, -0.1) is 10.2 Å². The van der Waals surface area contributed by atoms with E-state index in [0.717, 1.165) is 12.2 Å². The standard InChI is InChI=1S/C13H25N5O/c1-5-10(4)12(14)13(19)15-7-6-11-17-16-8-18(11)9(2)3/h8-10,12H,5-7,14H2,1-4H3,(H,15,19)/t10-,12-/m0/s1. The summed E-state index contributed by atoms with van der Waals surface area (Å²) >= 11 is 0. The van der Waals surface area contributed by atoms with Crippen molar-refractivity contribution in [2.75, 3.05) is 6.54 Å². The summed E-state index contributed by atoms with van der Waals surface area (Å²) in [4.78, 5) is 11.8. The third-order valence-corrected chi connectivity index (χ3v) is 3.41. The van der Waals surface area contributed by atoms with Crippen molar-refractivity contribution in [3.63, 3.8) is 0 Å². The van der Waals surface area contributed by atoms with Crippen LogP contribution in [0.25, 0.3) is 0 Å². The van der Waals surface area contributed by atoms with Gasteiger partial charge < -0.3 is 15.6 Å². The normalized spacial score (nSPS) is 14.4. The van der Waals surface area contributed by atoms with Crippen LogP contribution in [0.4, 0.5) is 0 Å². The van der Waals surface area contributed by atoms with Crippen LogP contribution in [-0.2, 0) is 11.2 Å². The molecule has 0 unspecified atom stereocenters. The molecule has 6 heteroatoms. The summed E-state index contributed by atoms with van der Waals surface area (Å²) in [5.41, 5.74) is 5.86. The van der Waals surface area contributed by atoms with Gasteiger partial charge in [0.1, 0.15) is 12.2 Å². The Bertz CT molecular complexity index is 401. The van der Waals surface area contributed by atoms with Crippen molar-refractivity contribution in [3.05, 3.63) is 12.2 Å². The fraction of sp³-hybridized carbons (Fsp3) is 0.769. The fourth-order valence-electron chi connectivity index (χ4n) is 1.80. The lowest BCUT2D eigenvalue weighted by atomic mass is 9.99. The molecule has 1 heterocycles. The van der Waals surface area contributed by atoms with Gasteiger partial charge in [0.05, 0.1) is 6.04 Å². The molecular weight excluding hydrogens is 242 g/mol. The van der Waals surface area contributed by atoms with Crippen LogP contribution in [0.5, 0.6) is 0 Å². The maximum Gasteiger partial charge on any atom is 0.237 e. The van der Waals surface area contributed by atoms with E-state index in [0.29, 0.717) is 19.0 Å². The van der Waals surface area contributed by atoms with Crippen molar-refractivity contribution in [2.24, 2.45) is 11.7 Å². The van der Waals surface area contributed by atoms with Crippen LogP contribution in [0.15, 0.2) is 6.33 Å². The van der Waals surface area contributed by atoms with Crippen molar-refractivity contribution in [1.82, 2.24) is 20.1 Å². The van der Waals surface area contributed by atoms with Gasteiger partial charge in [-0.2, -0.15) is 0 Å². The summed E-state index contributed by atoms with van der Waals surface area (Å²) in [5.74, 6) is 0.983. The van der Waals surface area contributed by atoms with Crippen LogP contribution < -0.4 is 11.1 Å². The van der Waals surface area contributed by atoms with Gasteiger partial charge in [0, 0.05) is 19.0 Å². The van der Waals surface area contributed by atoms with Crippen LogP contribution >= 0.6 is 0 Å². The Labute approximate surface area is 114 Å². The molecule has 19 heavy (non-hydrogen) atoms. The monoisotopic (exact) mass is 267 g/mol. The minimum Gasteiger partial charge on any atom is -0.354 e. The molecule has 3 N–H and O–H groups in total. The highest BCUT2D eigenvalue weighted by Crippen LogP contribution is 2.07. The maximum atomic E-state index is 11.8. The van der Waals surface area contributed by atoms with Crippen LogP contribution in [0.2, 0.25) is 0 Å². The third kappa shape index (κ3) is 4.31. The number of nitrogens with one attached hydrogen (secondary N) is 1. The van der Waals surface area contributed by atoms with Gasteiger partial charge in [0.25, 0.3) is 0 Å². The third-order valence-electron chi connectivity index (χ3n) is 3.41. The van der Waals surface area contributed by atoms with E-state index < -0.39 is 6.04 Å². The molecule has 0 aromatic carbocycles. The minimum absolute atomic E-state index is 0.0926. The van der Waals surface area contributed by atoms with Crippen LogP contribution in [0.1, 0.15) is 46.0 Å². The van der Waals surface area contributed by atoms with E-state index in [9.17, 15) is 4.79 Å². The number of aromatic nitrogens is 3. The molecule has 108 valence electrons. The second-order valence-electron chi connectivity index (χ2n) is 5.20. The number of hydrogen-bond donors (Lipinski definition) is 2. The first-order chi connectivity index (χ1) is 8.97. The second-order valence-corrected chi connectivity index (χ2v) is 5.20. The number of carbonyl (C=O) groups is 1. The summed E-state index contributed by atoms with van der Waals surface area (Å²) in [6, 6.07) is -0.115. The molecule has 0 bridgehead atoms. The average molecular weight is 267 g/mol. The van der Waals surface area contributed by atoms with Crippen LogP contribution in [0, 0.1) is 5.92 Å². The average Bonchev–Trinajstić information content (AvgIpc) is 2.85. The van der Waals surface area contributed by atoms with Gasteiger partial charge >= 0.3 is 0 Å². The number of hydrogen-bond acceptors (Lipinski definition) is 4. The predicted molar refractivity (Wildman–Crippen MR) is 74.6 cm³/mol. The molecule has 1 aromatic rings. The van der Waals surface area contributed by atoms with E-state index in [-0.39, 0.29) is 11.8 Å². The highest BCUT2D eigenvalue weighted by Gasteiger charge is 2.19. The summed E-state index contributed by atoms with van der Waals surface area (Å²) < 4.78 is 2.00. The molecule has 0 saturated carbocycles. The number of rotatable bonds is 7. The van der Waals surface area contributed by atoms with E-state index in [1.165, 1.54) is 0 Å². The number of amides is 1. The zero-order valence-electron chi connectivity index (χ0n) is 12.3. The molecule has 0 spiro atoms. The molecule has 0 aliphatic carbocycles. The van der Waals surface area contributed by atoms with Crippen molar-refractivity contribution in [3.8, 4) is 0 Å². The Morgan fingerprint density at radius 2 is 2.16 bits per heavy atom. The van der Waals surface area contributed by atoms with Gasteiger partial charge in [-0.05, 0) is 19.8 Å². The topological polar surface area (TPSA) is 85.8 Å². The molecule has 1 rings (SSSR count). The van der Waals surface area contributed by atoms with Gasteiger partial charge in [-0.3, -0.25) is 4.79 Å². The molecule has 0 radical (unpaired) electrons. The highest BCUT2D eigenvalue weighted by atomic mass is 16.2. The van der Waals surface area contributed by atoms with E-state index in [1.807, 2.05) is 18.4 Å². The Morgan fingerprint density at radius 3 is 2.74 bits per heavy atom. The van der Waals surface area contributed by atoms with Crippen molar-refractivity contribution in [1.29, 1.82) is 0 Å². The largest absolute Gasteiger partial charge is 0.354 e. The van der Waals surface area contributed by atoms with Crippen LogP contribution in [0.3, 0.4) is 0 Å². The summed E-state index contributed by atoms with van der Waals surface area (Å²) in [5, 5.41) is 10.8. The molecule has 0 fully saturated rings. The molecule has 0 aliphatic rings. The van der Waals surface area contributed by atoms with Crippen molar-refractivity contribution in [2.45, 2.75) is 52.6 Å². The lowest BCUT2D eigenvalue weighted by Gasteiger charge is -2.17. The SMILES string of the molecule is CC[C@H](C)[C@H](N)C(=O)NCCc1nncn1C(C)C. The van der Waals surface area contributed by atoms with Gasteiger partial charge in [-0.25, -0.2) is 0 Å². The fourth-order valence-corrected chi connectivity index (χ4v) is 1.80. The summed E-state index contributed by atoms with van der Waals surface area (Å²) in [7, 11) is 0. The zero-order valence-corrected chi connectivity index (χ0v) is 12.3. The molecule has 0 saturated heterocycles.